The first-order valence-corrected chi connectivity index (χ1v) is 6.40. The fourth-order valence-electron chi connectivity index (χ4n) is 1.48. The third-order valence-electron chi connectivity index (χ3n) is 2.87. The number of rotatable bonds is 5. The molecule has 1 fully saturated rings. The van der Waals surface area contributed by atoms with Gasteiger partial charge in [-0.15, -0.1) is 0 Å². The van der Waals surface area contributed by atoms with Crippen LogP contribution in [-0.2, 0) is 9.63 Å². The van der Waals surface area contributed by atoms with Gasteiger partial charge in [-0.3, -0.25) is 9.63 Å². The smallest absolute Gasteiger partial charge is 0.284 e. The van der Waals surface area contributed by atoms with Crippen molar-refractivity contribution < 1.29 is 14.4 Å². The van der Waals surface area contributed by atoms with Crippen molar-refractivity contribution in [1.82, 2.24) is 5.48 Å². The number of ether oxygens (including phenoxy) is 1. The minimum atomic E-state index is -0.605. The first kappa shape index (κ1) is 13.2. The number of carbonyl (C=O) groups is 1. The molecule has 1 N–H and O–H groups in total. The van der Waals surface area contributed by atoms with Crippen LogP contribution >= 0.6 is 11.6 Å². The van der Waals surface area contributed by atoms with Gasteiger partial charge >= 0.3 is 0 Å². The van der Waals surface area contributed by atoms with Crippen LogP contribution in [0.3, 0.4) is 0 Å². The number of hydrogen-bond acceptors (Lipinski definition) is 3. The van der Waals surface area contributed by atoms with Gasteiger partial charge in [-0.25, -0.2) is 5.48 Å². The Bertz CT molecular complexity index is 403. The number of halogens is 1. The maximum atomic E-state index is 11.7. The molecule has 0 bridgehead atoms. The Hall–Kier alpha value is -1.26. The fourth-order valence-corrected chi connectivity index (χ4v) is 1.61. The lowest BCUT2D eigenvalue weighted by Gasteiger charge is -2.25. The largest absolute Gasteiger partial charge is 0.481 e. The maximum Gasteiger partial charge on any atom is 0.284 e. The summed E-state index contributed by atoms with van der Waals surface area (Å²) in [5.74, 6) is 0.322. The molecule has 0 saturated heterocycles. The standard InChI is InChI=1S/C13H16ClNO3/c1-9(13(16)15-18-12-3-2-4-12)17-11-7-5-10(14)6-8-11/h5-9,12H,2-4H2,1H3,(H,15,16)/t9-/m0/s1. The Morgan fingerprint density at radius 3 is 2.61 bits per heavy atom. The molecule has 98 valence electrons. The van der Waals surface area contributed by atoms with Crippen LogP contribution in [0.5, 0.6) is 5.75 Å². The number of benzene rings is 1. The molecule has 1 aromatic rings. The van der Waals surface area contributed by atoms with E-state index in [9.17, 15) is 4.79 Å². The average Bonchev–Trinajstić information content (AvgIpc) is 2.30. The van der Waals surface area contributed by atoms with Gasteiger partial charge in [-0.1, -0.05) is 11.6 Å². The van der Waals surface area contributed by atoms with Crippen molar-refractivity contribution in [1.29, 1.82) is 0 Å². The van der Waals surface area contributed by atoms with Gasteiger partial charge in [0.25, 0.3) is 5.91 Å². The molecule has 0 heterocycles. The van der Waals surface area contributed by atoms with Crippen molar-refractivity contribution in [3.63, 3.8) is 0 Å². The van der Waals surface area contributed by atoms with E-state index in [1.54, 1.807) is 31.2 Å². The highest BCUT2D eigenvalue weighted by atomic mass is 35.5. The van der Waals surface area contributed by atoms with Gasteiger partial charge in [0.2, 0.25) is 0 Å². The Kier molecular flexibility index (Phi) is 4.44. The van der Waals surface area contributed by atoms with Crippen LogP contribution in [0.4, 0.5) is 0 Å². The van der Waals surface area contributed by atoms with Gasteiger partial charge in [0.05, 0.1) is 6.10 Å². The zero-order valence-electron chi connectivity index (χ0n) is 10.2. The summed E-state index contributed by atoms with van der Waals surface area (Å²) >= 11 is 5.76. The normalized spacial score (nSPS) is 16.8. The average molecular weight is 270 g/mol. The molecule has 0 radical (unpaired) electrons. The molecule has 1 aliphatic rings. The number of hydrogen-bond donors (Lipinski definition) is 1. The van der Waals surface area contributed by atoms with Crippen LogP contribution in [0.1, 0.15) is 26.2 Å². The second-order valence-electron chi connectivity index (χ2n) is 4.35. The Morgan fingerprint density at radius 1 is 1.39 bits per heavy atom. The zero-order valence-corrected chi connectivity index (χ0v) is 10.9. The van der Waals surface area contributed by atoms with Crippen LogP contribution in [-0.4, -0.2) is 18.1 Å². The summed E-state index contributed by atoms with van der Waals surface area (Å²) in [4.78, 5) is 16.9. The highest BCUT2D eigenvalue weighted by Gasteiger charge is 2.21. The number of amides is 1. The van der Waals surface area contributed by atoms with Crippen molar-refractivity contribution in [2.45, 2.75) is 38.4 Å². The zero-order chi connectivity index (χ0) is 13.0. The van der Waals surface area contributed by atoms with E-state index < -0.39 is 6.10 Å². The van der Waals surface area contributed by atoms with E-state index in [0.717, 1.165) is 19.3 Å². The van der Waals surface area contributed by atoms with Crippen molar-refractivity contribution >= 4 is 17.5 Å². The van der Waals surface area contributed by atoms with Crippen LogP contribution in [0, 0.1) is 0 Å². The van der Waals surface area contributed by atoms with E-state index in [1.165, 1.54) is 0 Å². The molecule has 1 saturated carbocycles. The summed E-state index contributed by atoms with van der Waals surface area (Å²) < 4.78 is 5.46. The van der Waals surface area contributed by atoms with E-state index in [2.05, 4.69) is 5.48 Å². The topological polar surface area (TPSA) is 47.6 Å². The highest BCUT2D eigenvalue weighted by Crippen LogP contribution is 2.21. The molecule has 1 amide bonds. The molecule has 0 aromatic heterocycles. The number of nitrogens with one attached hydrogen (secondary N) is 1. The maximum absolute atomic E-state index is 11.7. The third-order valence-corrected chi connectivity index (χ3v) is 3.13. The summed E-state index contributed by atoms with van der Waals surface area (Å²) in [6, 6.07) is 6.87. The molecular weight excluding hydrogens is 254 g/mol. The first-order chi connectivity index (χ1) is 8.65. The molecule has 1 aromatic carbocycles. The molecule has 2 rings (SSSR count). The second-order valence-corrected chi connectivity index (χ2v) is 4.79. The molecule has 18 heavy (non-hydrogen) atoms. The fraction of sp³-hybridized carbons (Fsp3) is 0.462. The Labute approximate surface area is 111 Å². The van der Waals surface area contributed by atoms with E-state index in [0.29, 0.717) is 10.8 Å². The predicted octanol–water partition coefficient (Wildman–Crippen LogP) is 2.71. The molecule has 0 aliphatic heterocycles. The summed E-state index contributed by atoms with van der Waals surface area (Å²) in [6.07, 6.45) is 2.74. The monoisotopic (exact) mass is 269 g/mol. The summed E-state index contributed by atoms with van der Waals surface area (Å²) in [6.45, 7) is 1.67. The van der Waals surface area contributed by atoms with Crippen molar-refractivity contribution in [2.75, 3.05) is 0 Å². The van der Waals surface area contributed by atoms with E-state index >= 15 is 0 Å². The lowest BCUT2D eigenvalue weighted by atomic mass is 9.97. The van der Waals surface area contributed by atoms with Gasteiger partial charge < -0.3 is 4.74 Å². The van der Waals surface area contributed by atoms with Gasteiger partial charge in [0.15, 0.2) is 6.10 Å². The van der Waals surface area contributed by atoms with Crippen molar-refractivity contribution in [3.8, 4) is 5.75 Å². The van der Waals surface area contributed by atoms with Crippen molar-refractivity contribution in [3.05, 3.63) is 29.3 Å². The quantitative estimate of drug-likeness (QED) is 0.836. The second kappa shape index (κ2) is 6.07. The van der Waals surface area contributed by atoms with Gasteiger partial charge in [0, 0.05) is 5.02 Å². The SMILES string of the molecule is C[C@H](Oc1ccc(Cl)cc1)C(=O)NOC1CCC1. The molecular formula is C13H16ClNO3. The number of hydroxylamine groups is 1. The molecule has 0 unspecified atom stereocenters. The van der Waals surface area contributed by atoms with Crippen molar-refractivity contribution in [2.24, 2.45) is 0 Å². The third kappa shape index (κ3) is 3.62. The molecule has 5 heteroatoms. The van der Waals surface area contributed by atoms with E-state index in [1.807, 2.05) is 0 Å². The molecule has 4 nitrogen and oxygen atoms in total. The van der Waals surface area contributed by atoms with Gasteiger partial charge in [-0.2, -0.15) is 0 Å². The minimum absolute atomic E-state index is 0.164. The summed E-state index contributed by atoms with van der Waals surface area (Å²) in [5.41, 5.74) is 2.43. The first-order valence-electron chi connectivity index (χ1n) is 6.03. The summed E-state index contributed by atoms with van der Waals surface area (Å²) in [5, 5.41) is 0.632. The van der Waals surface area contributed by atoms with Gasteiger partial charge in [-0.05, 0) is 50.5 Å². The van der Waals surface area contributed by atoms with E-state index in [-0.39, 0.29) is 12.0 Å². The Balaban J connectivity index is 1.77. The molecule has 0 spiro atoms. The highest BCUT2D eigenvalue weighted by molar-refractivity contribution is 6.30. The van der Waals surface area contributed by atoms with Crippen LogP contribution < -0.4 is 10.2 Å². The minimum Gasteiger partial charge on any atom is -0.481 e. The molecule has 1 aliphatic carbocycles. The Morgan fingerprint density at radius 2 is 2.06 bits per heavy atom. The lowest BCUT2D eigenvalue weighted by Crippen LogP contribution is -2.40. The van der Waals surface area contributed by atoms with Crippen LogP contribution in [0.25, 0.3) is 0 Å². The number of carbonyl (C=O) groups excluding carboxylic acids is 1. The summed E-state index contributed by atoms with van der Waals surface area (Å²) in [7, 11) is 0. The lowest BCUT2D eigenvalue weighted by molar-refractivity contribution is -0.149. The van der Waals surface area contributed by atoms with Gasteiger partial charge in [0.1, 0.15) is 5.75 Å². The van der Waals surface area contributed by atoms with E-state index in [4.69, 9.17) is 21.2 Å². The van der Waals surface area contributed by atoms with Crippen LogP contribution in [0.2, 0.25) is 5.02 Å². The molecule has 1 atom stereocenters. The van der Waals surface area contributed by atoms with Crippen LogP contribution in [0.15, 0.2) is 24.3 Å². The predicted molar refractivity (Wildman–Crippen MR) is 68.4 cm³/mol.